The summed E-state index contributed by atoms with van der Waals surface area (Å²) in [6, 6.07) is 4.20. The van der Waals surface area contributed by atoms with Crippen molar-refractivity contribution in [1.29, 1.82) is 0 Å². The van der Waals surface area contributed by atoms with Gasteiger partial charge in [0.25, 0.3) is 0 Å². The largest absolute Gasteiger partial charge is 0.391 e. The maximum absolute atomic E-state index is 12.7. The summed E-state index contributed by atoms with van der Waals surface area (Å²) in [5.74, 6) is -0.105. The second-order valence-electron chi connectivity index (χ2n) is 6.37. The number of guanidine groups is 1. The van der Waals surface area contributed by atoms with Crippen molar-refractivity contribution >= 4 is 17.3 Å². The lowest BCUT2D eigenvalue weighted by atomic mass is 9.85. The molecule has 0 bridgehead atoms. The zero-order valence-electron chi connectivity index (χ0n) is 14.2. The highest BCUT2D eigenvalue weighted by molar-refractivity contribution is 7.10. The van der Waals surface area contributed by atoms with Crippen LogP contribution in [0.15, 0.2) is 22.5 Å². The molecule has 1 unspecified atom stereocenters. The summed E-state index contributed by atoms with van der Waals surface area (Å²) in [5, 5.41) is 8.55. The maximum atomic E-state index is 12.7. The van der Waals surface area contributed by atoms with E-state index in [-0.39, 0.29) is 18.9 Å². The highest BCUT2D eigenvalue weighted by atomic mass is 32.1. The van der Waals surface area contributed by atoms with Crippen molar-refractivity contribution in [3.05, 3.63) is 22.4 Å². The van der Waals surface area contributed by atoms with Gasteiger partial charge in [-0.1, -0.05) is 13.0 Å². The zero-order valence-corrected chi connectivity index (χ0v) is 15.0. The van der Waals surface area contributed by atoms with Gasteiger partial charge < -0.3 is 10.6 Å². The molecule has 0 radical (unpaired) electrons. The van der Waals surface area contributed by atoms with Crippen molar-refractivity contribution in [2.75, 3.05) is 13.1 Å². The lowest BCUT2D eigenvalue weighted by molar-refractivity contribution is -0.182. The predicted octanol–water partition coefficient (Wildman–Crippen LogP) is 4.53. The highest BCUT2D eigenvalue weighted by Gasteiger charge is 2.41. The van der Waals surface area contributed by atoms with Crippen LogP contribution in [0, 0.1) is 5.92 Å². The minimum Gasteiger partial charge on any atom is -0.357 e. The van der Waals surface area contributed by atoms with Crippen LogP contribution < -0.4 is 10.6 Å². The molecular formula is C17H26F3N3S. The Bertz CT molecular complexity index is 506. The normalized spacial score (nSPS) is 23.8. The first-order chi connectivity index (χ1) is 11.4. The van der Waals surface area contributed by atoms with Crippen molar-refractivity contribution < 1.29 is 13.2 Å². The van der Waals surface area contributed by atoms with Crippen LogP contribution in [-0.4, -0.2) is 31.3 Å². The molecule has 1 atom stereocenters. The Balaban J connectivity index is 1.86. The Hall–Kier alpha value is -1.24. The molecule has 0 amide bonds. The Labute approximate surface area is 145 Å². The summed E-state index contributed by atoms with van der Waals surface area (Å²) in [7, 11) is 0. The lowest BCUT2D eigenvalue weighted by Gasteiger charge is -2.31. The third-order valence-corrected chi connectivity index (χ3v) is 5.53. The van der Waals surface area contributed by atoms with E-state index in [2.05, 4.69) is 34.0 Å². The van der Waals surface area contributed by atoms with Crippen LogP contribution in [-0.2, 0) is 0 Å². The molecule has 1 fully saturated rings. The first kappa shape index (κ1) is 19.1. The standard InChI is InChI=1S/C17H26F3N3S/c1-3-21-16(22-11-12(2)15-5-4-10-24-15)23-14-8-6-13(7-9-14)17(18,19)20/h4-5,10,12-14H,3,6-9,11H2,1-2H3,(H2,21,22,23). The topological polar surface area (TPSA) is 36.4 Å². The molecule has 7 heteroatoms. The van der Waals surface area contributed by atoms with Crippen LogP contribution in [0.25, 0.3) is 0 Å². The van der Waals surface area contributed by atoms with Crippen molar-refractivity contribution in [3.63, 3.8) is 0 Å². The summed E-state index contributed by atoms with van der Waals surface area (Å²) >= 11 is 1.72. The van der Waals surface area contributed by atoms with Gasteiger partial charge in [0, 0.05) is 23.4 Å². The molecule has 1 saturated carbocycles. The summed E-state index contributed by atoms with van der Waals surface area (Å²) in [6.07, 6.45) is -2.58. The number of halogens is 3. The molecule has 1 aromatic heterocycles. The number of hydrogen-bond acceptors (Lipinski definition) is 2. The van der Waals surface area contributed by atoms with Gasteiger partial charge in [-0.3, -0.25) is 4.99 Å². The highest BCUT2D eigenvalue weighted by Crippen LogP contribution is 2.37. The molecule has 1 aliphatic carbocycles. The molecule has 2 rings (SSSR count). The fourth-order valence-electron chi connectivity index (χ4n) is 2.97. The number of alkyl halides is 3. The van der Waals surface area contributed by atoms with Gasteiger partial charge in [-0.2, -0.15) is 13.2 Å². The quantitative estimate of drug-likeness (QED) is 0.597. The number of aliphatic imine (C=N–C) groups is 1. The molecule has 0 aliphatic heterocycles. The van der Waals surface area contributed by atoms with E-state index in [4.69, 9.17) is 0 Å². The maximum Gasteiger partial charge on any atom is 0.391 e. The van der Waals surface area contributed by atoms with Crippen LogP contribution in [0.1, 0.15) is 50.3 Å². The third kappa shape index (κ3) is 5.69. The molecule has 1 aromatic rings. The third-order valence-electron chi connectivity index (χ3n) is 4.43. The molecule has 0 aromatic carbocycles. The minimum atomic E-state index is -4.06. The SMILES string of the molecule is CCNC(=NCC(C)c1cccs1)NC1CCC(C(F)(F)F)CC1. The molecule has 24 heavy (non-hydrogen) atoms. The van der Waals surface area contributed by atoms with E-state index in [9.17, 15) is 13.2 Å². The smallest absolute Gasteiger partial charge is 0.357 e. The fourth-order valence-corrected chi connectivity index (χ4v) is 3.75. The Morgan fingerprint density at radius 1 is 1.33 bits per heavy atom. The number of rotatable bonds is 5. The first-order valence-corrected chi connectivity index (χ1v) is 9.43. The summed E-state index contributed by atoms with van der Waals surface area (Å²) in [5.41, 5.74) is 0. The number of thiophene rings is 1. The van der Waals surface area contributed by atoms with Gasteiger partial charge in [-0.25, -0.2) is 0 Å². The van der Waals surface area contributed by atoms with Crippen LogP contribution in [0.4, 0.5) is 13.2 Å². The minimum absolute atomic E-state index is 0.0680. The van der Waals surface area contributed by atoms with Gasteiger partial charge in [0.2, 0.25) is 0 Å². The van der Waals surface area contributed by atoms with Gasteiger partial charge >= 0.3 is 6.18 Å². The van der Waals surface area contributed by atoms with E-state index < -0.39 is 12.1 Å². The van der Waals surface area contributed by atoms with Crippen molar-refractivity contribution in [2.24, 2.45) is 10.9 Å². The molecule has 136 valence electrons. The average Bonchev–Trinajstić information content (AvgIpc) is 3.06. The fraction of sp³-hybridized carbons (Fsp3) is 0.706. The van der Waals surface area contributed by atoms with Crippen LogP contribution in [0.2, 0.25) is 0 Å². The zero-order chi connectivity index (χ0) is 17.6. The number of nitrogens with zero attached hydrogens (tertiary/aromatic N) is 1. The van der Waals surface area contributed by atoms with E-state index >= 15 is 0 Å². The van der Waals surface area contributed by atoms with Crippen molar-refractivity contribution in [3.8, 4) is 0 Å². The van der Waals surface area contributed by atoms with E-state index in [0.717, 1.165) is 6.54 Å². The average molecular weight is 361 g/mol. The van der Waals surface area contributed by atoms with Gasteiger partial charge in [-0.15, -0.1) is 11.3 Å². The summed E-state index contributed by atoms with van der Waals surface area (Å²) in [4.78, 5) is 5.90. The second-order valence-corrected chi connectivity index (χ2v) is 7.35. The summed E-state index contributed by atoms with van der Waals surface area (Å²) in [6.45, 7) is 5.51. The molecule has 1 heterocycles. The van der Waals surface area contributed by atoms with Gasteiger partial charge in [0.15, 0.2) is 5.96 Å². The molecule has 2 N–H and O–H groups in total. The number of hydrogen-bond donors (Lipinski definition) is 2. The van der Waals surface area contributed by atoms with Gasteiger partial charge in [-0.05, 0) is 44.1 Å². The number of nitrogens with one attached hydrogen (secondary N) is 2. The van der Waals surface area contributed by atoms with Crippen LogP contribution in [0.3, 0.4) is 0 Å². The monoisotopic (exact) mass is 361 g/mol. The first-order valence-electron chi connectivity index (χ1n) is 8.55. The van der Waals surface area contributed by atoms with E-state index in [0.29, 0.717) is 31.3 Å². The predicted molar refractivity (Wildman–Crippen MR) is 93.6 cm³/mol. The molecule has 3 nitrogen and oxygen atoms in total. The van der Waals surface area contributed by atoms with E-state index in [1.54, 1.807) is 11.3 Å². The summed E-state index contributed by atoms with van der Waals surface area (Å²) < 4.78 is 38.2. The van der Waals surface area contributed by atoms with E-state index in [1.807, 2.05) is 13.0 Å². The lowest BCUT2D eigenvalue weighted by Crippen LogP contribution is -2.46. The Morgan fingerprint density at radius 3 is 2.58 bits per heavy atom. The van der Waals surface area contributed by atoms with Crippen LogP contribution >= 0.6 is 11.3 Å². The Morgan fingerprint density at radius 2 is 2.04 bits per heavy atom. The van der Waals surface area contributed by atoms with Gasteiger partial charge in [0.05, 0.1) is 12.5 Å². The second kappa shape index (κ2) is 8.74. The van der Waals surface area contributed by atoms with Crippen LogP contribution in [0.5, 0.6) is 0 Å². The molecule has 1 aliphatic rings. The van der Waals surface area contributed by atoms with Crippen molar-refractivity contribution in [2.45, 2.75) is 57.7 Å². The molecule has 0 spiro atoms. The Kier molecular flexibility index (Phi) is 6.95. The van der Waals surface area contributed by atoms with E-state index in [1.165, 1.54) is 4.88 Å². The van der Waals surface area contributed by atoms with Gasteiger partial charge in [0.1, 0.15) is 0 Å². The molecule has 0 saturated heterocycles. The molecular weight excluding hydrogens is 335 g/mol. The van der Waals surface area contributed by atoms with Crippen molar-refractivity contribution in [1.82, 2.24) is 10.6 Å².